The fourth-order valence-electron chi connectivity index (χ4n) is 14.7. The molecule has 2 fully saturated rings. The largest absolute Gasteiger partial charge is 0.511 e. The fraction of sp³-hybridized carbons (Fsp3) is 0.375. The molecule has 1 unspecified atom stereocenters. The van der Waals surface area contributed by atoms with Crippen LogP contribution in [0, 0.1) is 23.7 Å². The average Bonchev–Trinajstić information content (AvgIpc) is 1.63. The first-order chi connectivity index (χ1) is 42.2. The quantitative estimate of drug-likeness (QED) is 0.0694. The van der Waals surface area contributed by atoms with Crippen LogP contribution < -0.4 is 27.0 Å². The van der Waals surface area contributed by atoms with Crippen LogP contribution in [0.4, 0.5) is 0 Å². The average molecular weight is 1180 g/mol. The molecule has 16 nitrogen and oxygen atoms in total. The summed E-state index contributed by atoms with van der Waals surface area (Å²) in [5.41, 5.74) is 32.8. The van der Waals surface area contributed by atoms with E-state index in [0.29, 0.717) is 51.5 Å². The monoisotopic (exact) mass is 1180 g/mol. The Morgan fingerprint density at radius 1 is 0.602 bits per heavy atom. The number of fused-ring (bicyclic) bond motifs is 10. The number of allylic oxidation sites excluding steroid dienone is 24. The molecule has 5 atom stereocenters. The molecule has 12 rings (SSSR count). The summed E-state index contributed by atoms with van der Waals surface area (Å²) >= 11 is 0. The highest BCUT2D eigenvalue weighted by molar-refractivity contribution is 6.23. The molecule has 2 aliphatic carbocycles. The number of aliphatic hydroxyl groups is 2. The minimum Gasteiger partial charge on any atom is -0.511 e. The van der Waals surface area contributed by atoms with Crippen molar-refractivity contribution in [3.05, 3.63) is 208 Å². The Morgan fingerprint density at radius 3 is 1.47 bits per heavy atom. The van der Waals surface area contributed by atoms with Gasteiger partial charge < -0.3 is 37.2 Å². The van der Waals surface area contributed by atoms with Gasteiger partial charge in [-0.25, -0.2) is 30.0 Å². The number of unbranched alkanes of at least 4 members (excludes halogenated alkanes) is 1. The molecule has 0 aromatic heterocycles. The molecule has 10 aliphatic heterocycles. The number of primary amides is 1. The van der Waals surface area contributed by atoms with Gasteiger partial charge in [-0.05, 0) is 168 Å². The SMILES string of the molecule is C=CC1=C(C)C2=NC1=CC1=NC(=CC3=C(C)C4=C(O)CC(=C5NC(=C2)[C@H](C)[C@@H]5CCC(=O)NCCCCC(NC(=O)CC[C@@H]2C5=C6CC(O)=C7C6=NC(=C7C)C=C6N=C(C=C7N=C(C=C(N5)[C@@H]2C)C(C)=C7C=C)C(C)=C6CC)C(N)=O)C4=N3)C(CC)=C1C. The Kier molecular flexibility index (Phi) is 15.7. The molecule has 0 aromatic carbocycles. The molecule has 12 aliphatic rings. The molecule has 452 valence electrons. The second-order valence-electron chi connectivity index (χ2n) is 24.9. The Labute approximate surface area is 515 Å². The predicted octanol–water partition coefficient (Wildman–Crippen LogP) is 12.5. The van der Waals surface area contributed by atoms with E-state index >= 15 is 0 Å². The molecule has 16 heteroatoms. The molecule has 0 radical (unpaired) electrons. The topological polar surface area (TPSA) is 240 Å². The van der Waals surface area contributed by atoms with Gasteiger partial charge in [0.15, 0.2) is 0 Å². The molecule has 0 saturated carbocycles. The lowest BCUT2D eigenvalue weighted by Crippen LogP contribution is -2.44. The van der Waals surface area contributed by atoms with Crippen LogP contribution in [0.3, 0.4) is 0 Å². The standard InChI is InChI=1S/C72H79N11O5/c1-13-41-33(5)50-27-54-37(9)45(68(80-54)47-25-62(84)66-39(11)56(82-70(47)66)31-60-43(15-3)35(7)52(77-60)29-58(41)75-50)20-22-64(86)74-24-18-17-19-49(72(73)88)79-65(87)23-21-46-38(10)55-28-51-34(6)42(14-2)59(76-51)30-53-36(8)44(16-4)61(78-53)32-57-40(12)67-63(85)26-48(69(46)81-55)71(67)83-57/h13-14,27-32,37-38,45-46,49,80-81,84-85H,1-2,15-26H2,3-12H3,(H2,73,88)(H,74,86)(H,79,87)/t37-,38-,45+,46+,49?/m1/s1. The van der Waals surface area contributed by atoms with E-state index in [1.165, 1.54) is 0 Å². The van der Waals surface area contributed by atoms with Crippen molar-refractivity contribution in [3.8, 4) is 0 Å². The maximum absolute atomic E-state index is 13.9. The van der Waals surface area contributed by atoms with Crippen LogP contribution in [0.25, 0.3) is 0 Å². The third-order valence-electron chi connectivity index (χ3n) is 19.9. The van der Waals surface area contributed by atoms with Crippen molar-refractivity contribution in [3.63, 3.8) is 0 Å². The normalized spacial score (nSPS) is 24.6. The van der Waals surface area contributed by atoms with Crippen LogP contribution in [0.2, 0.25) is 0 Å². The summed E-state index contributed by atoms with van der Waals surface area (Å²) in [4.78, 5) is 71.5. The molecular weight excluding hydrogens is 1100 g/mol. The summed E-state index contributed by atoms with van der Waals surface area (Å²) < 4.78 is 0. The zero-order valence-electron chi connectivity index (χ0n) is 52.3. The Bertz CT molecular complexity index is 4100. The third-order valence-corrected chi connectivity index (χ3v) is 19.9. The zero-order valence-corrected chi connectivity index (χ0v) is 52.3. The van der Waals surface area contributed by atoms with E-state index in [1.54, 1.807) is 0 Å². The Hall–Kier alpha value is -9.05. The van der Waals surface area contributed by atoms with E-state index in [1.807, 2.05) is 50.3 Å². The highest BCUT2D eigenvalue weighted by atomic mass is 16.3. The maximum atomic E-state index is 13.9. The van der Waals surface area contributed by atoms with Crippen LogP contribution in [0.1, 0.15) is 140 Å². The molecule has 10 heterocycles. The third kappa shape index (κ3) is 10.2. The highest BCUT2D eigenvalue weighted by Gasteiger charge is 2.44. The second-order valence-corrected chi connectivity index (χ2v) is 24.9. The molecule has 2 saturated heterocycles. The fourth-order valence-corrected chi connectivity index (χ4v) is 14.7. The maximum Gasteiger partial charge on any atom is 0.239 e. The first-order valence-corrected chi connectivity index (χ1v) is 31.3. The number of carbonyl (C=O) groups excluding carboxylic acids is 3. The van der Waals surface area contributed by atoms with Crippen molar-refractivity contribution in [2.24, 2.45) is 59.4 Å². The smallest absolute Gasteiger partial charge is 0.239 e. The van der Waals surface area contributed by atoms with E-state index in [-0.39, 0.29) is 59.8 Å². The summed E-state index contributed by atoms with van der Waals surface area (Å²) in [5.74, 6) is -0.821. The zero-order chi connectivity index (χ0) is 62.3. The van der Waals surface area contributed by atoms with Crippen molar-refractivity contribution in [2.75, 3.05) is 6.54 Å². The lowest BCUT2D eigenvalue weighted by molar-refractivity contribution is -0.127. The summed E-state index contributed by atoms with van der Waals surface area (Å²) in [6.07, 6.45) is 21.0. The number of hydrogen-bond acceptors (Lipinski definition) is 13. The second kappa shape index (κ2) is 23.2. The van der Waals surface area contributed by atoms with E-state index in [2.05, 4.69) is 102 Å². The number of carbonyl (C=O) groups is 3. The van der Waals surface area contributed by atoms with Gasteiger partial charge in [-0.15, -0.1) is 0 Å². The minimum atomic E-state index is -0.896. The van der Waals surface area contributed by atoms with Crippen LogP contribution in [0.15, 0.2) is 238 Å². The highest BCUT2D eigenvalue weighted by Crippen LogP contribution is 2.49. The van der Waals surface area contributed by atoms with Gasteiger partial charge in [-0.3, -0.25) is 14.4 Å². The molecule has 3 amide bonds. The van der Waals surface area contributed by atoms with Crippen LogP contribution >= 0.6 is 0 Å². The summed E-state index contributed by atoms with van der Waals surface area (Å²) in [6.45, 7) is 29.6. The van der Waals surface area contributed by atoms with E-state index in [4.69, 9.17) is 35.7 Å². The van der Waals surface area contributed by atoms with Gasteiger partial charge in [0.2, 0.25) is 17.7 Å². The van der Waals surface area contributed by atoms with Crippen LogP contribution in [-0.4, -0.2) is 74.8 Å². The molecule has 8 N–H and O–H groups in total. The molecule has 16 bridgehead atoms. The number of nitrogens with zero attached hydrogens (tertiary/aromatic N) is 6. The Morgan fingerprint density at radius 2 is 1.03 bits per heavy atom. The molecule has 0 aromatic rings. The molecule has 88 heavy (non-hydrogen) atoms. The van der Waals surface area contributed by atoms with Crippen molar-refractivity contribution in [1.29, 1.82) is 0 Å². The summed E-state index contributed by atoms with van der Waals surface area (Å²) in [5, 5.41) is 36.8. The molecular formula is C72H79N11O5. The first kappa shape index (κ1) is 59.3. The predicted molar refractivity (Wildman–Crippen MR) is 351 cm³/mol. The number of nitrogens with one attached hydrogen (secondary N) is 4. The van der Waals surface area contributed by atoms with E-state index in [0.717, 1.165) is 182 Å². The summed E-state index contributed by atoms with van der Waals surface area (Å²) in [7, 11) is 0. The minimum absolute atomic E-state index is 0.0217. The first-order valence-electron chi connectivity index (χ1n) is 31.3. The van der Waals surface area contributed by atoms with Gasteiger partial charge in [0.25, 0.3) is 0 Å². The lowest BCUT2D eigenvalue weighted by atomic mass is 9.86. The van der Waals surface area contributed by atoms with E-state index < -0.39 is 11.9 Å². The number of rotatable bonds is 17. The number of aliphatic hydroxyl groups excluding tert-OH is 2. The van der Waals surface area contributed by atoms with E-state index in [9.17, 15) is 24.6 Å². The van der Waals surface area contributed by atoms with Gasteiger partial charge >= 0.3 is 0 Å². The van der Waals surface area contributed by atoms with Crippen molar-refractivity contribution in [1.82, 2.24) is 21.3 Å². The van der Waals surface area contributed by atoms with Gasteiger partial charge in [-0.2, -0.15) is 0 Å². The number of hydrogen-bond donors (Lipinski definition) is 7. The Balaban J connectivity index is 0.705. The summed E-state index contributed by atoms with van der Waals surface area (Å²) in [6, 6.07) is -0.896. The van der Waals surface area contributed by atoms with Gasteiger partial charge in [0, 0.05) is 112 Å². The van der Waals surface area contributed by atoms with Crippen LogP contribution in [-0.2, 0) is 14.4 Å². The molecule has 0 spiro atoms. The van der Waals surface area contributed by atoms with Gasteiger partial charge in [0.1, 0.15) is 17.6 Å². The van der Waals surface area contributed by atoms with Crippen molar-refractivity contribution in [2.45, 2.75) is 146 Å². The lowest BCUT2D eigenvalue weighted by Gasteiger charge is -2.19. The van der Waals surface area contributed by atoms with Gasteiger partial charge in [0.05, 0.1) is 68.5 Å². The number of amides is 3. The van der Waals surface area contributed by atoms with Crippen molar-refractivity contribution >= 4 is 52.0 Å². The van der Waals surface area contributed by atoms with Gasteiger partial charge in [-0.1, -0.05) is 53.0 Å². The van der Waals surface area contributed by atoms with Crippen LogP contribution in [0.5, 0.6) is 0 Å². The number of aliphatic imine (C=N–C) groups is 6. The van der Waals surface area contributed by atoms with Crippen molar-refractivity contribution < 1.29 is 24.6 Å². The number of nitrogens with two attached hydrogens (primary N) is 1.